The van der Waals surface area contributed by atoms with Crippen molar-refractivity contribution in [3.8, 4) is 28.3 Å². The predicted molar refractivity (Wildman–Crippen MR) is 120 cm³/mol. The zero-order valence-electron chi connectivity index (χ0n) is 16.6. The summed E-state index contributed by atoms with van der Waals surface area (Å²) >= 11 is 6.32. The normalized spacial score (nSPS) is 11.5. The Hall–Kier alpha value is -3.13. The minimum atomic E-state index is -3.98. The minimum absolute atomic E-state index is 0.0320. The first-order chi connectivity index (χ1) is 14.9. The van der Waals surface area contributed by atoms with Crippen LogP contribution in [0.3, 0.4) is 0 Å². The first-order valence-corrected chi connectivity index (χ1v) is 11.3. The van der Waals surface area contributed by atoms with Gasteiger partial charge in [-0.3, -0.25) is 0 Å². The average Bonchev–Trinajstić information content (AvgIpc) is 3.17. The lowest BCUT2D eigenvalue weighted by atomic mass is 10.1. The van der Waals surface area contributed by atoms with Gasteiger partial charge in [-0.15, -0.1) is 0 Å². The van der Waals surface area contributed by atoms with E-state index in [-0.39, 0.29) is 4.90 Å². The molecule has 0 radical (unpaired) electrons. The van der Waals surface area contributed by atoms with Crippen LogP contribution in [0.15, 0.2) is 82.1 Å². The molecule has 1 heterocycles. The molecule has 8 heteroatoms. The molecule has 1 aromatic heterocycles. The second kappa shape index (κ2) is 8.55. The first kappa shape index (κ1) is 21.1. The number of aromatic nitrogens is 1. The smallest absolute Gasteiger partial charge is 0.238 e. The number of methoxy groups -OCH3 is 1. The molecule has 158 valence electrons. The molecule has 4 aromatic rings. The highest BCUT2D eigenvalue weighted by molar-refractivity contribution is 7.89. The van der Waals surface area contributed by atoms with Gasteiger partial charge in [0.2, 0.25) is 10.0 Å². The second-order valence-electron chi connectivity index (χ2n) is 6.84. The first-order valence-electron chi connectivity index (χ1n) is 9.36. The van der Waals surface area contributed by atoms with Crippen molar-refractivity contribution in [1.29, 1.82) is 0 Å². The number of nitrogens with zero attached hydrogens (tertiary/aromatic N) is 1. The van der Waals surface area contributed by atoms with Gasteiger partial charge in [0.05, 0.1) is 17.0 Å². The van der Waals surface area contributed by atoms with Crippen LogP contribution in [-0.2, 0) is 16.4 Å². The molecule has 6 nitrogen and oxygen atoms in total. The van der Waals surface area contributed by atoms with Gasteiger partial charge in [0.15, 0.2) is 11.7 Å². The van der Waals surface area contributed by atoms with Crippen molar-refractivity contribution >= 4 is 21.6 Å². The van der Waals surface area contributed by atoms with E-state index < -0.39 is 10.0 Å². The number of benzene rings is 3. The fourth-order valence-corrected chi connectivity index (χ4v) is 4.30. The Morgan fingerprint density at radius 1 is 1.03 bits per heavy atom. The molecule has 0 spiro atoms. The van der Waals surface area contributed by atoms with Crippen molar-refractivity contribution in [2.45, 2.75) is 11.3 Å². The third-order valence-corrected chi connectivity index (χ3v) is 6.00. The van der Waals surface area contributed by atoms with Crippen LogP contribution in [0.5, 0.6) is 5.75 Å². The molecule has 0 aliphatic rings. The third-order valence-electron chi connectivity index (χ3n) is 4.73. The van der Waals surface area contributed by atoms with Crippen molar-refractivity contribution in [3.63, 3.8) is 0 Å². The van der Waals surface area contributed by atoms with Crippen LogP contribution in [0, 0.1) is 0 Å². The highest BCUT2D eigenvalue weighted by Crippen LogP contribution is 2.38. The number of sulfonamides is 1. The fourth-order valence-electron chi connectivity index (χ4n) is 3.31. The van der Waals surface area contributed by atoms with Gasteiger partial charge in [-0.05, 0) is 29.8 Å². The van der Waals surface area contributed by atoms with E-state index in [9.17, 15) is 8.42 Å². The molecule has 0 saturated carbocycles. The van der Waals surface area contributed by atoms with Gasteiger partial charge < -0.3 is 9.15 Å². The molecule has 4 rings (SSSR count). The summed E-state index contributed by atoms with van der Waals surface area (Å²) in [5, 5.41) is 5.85. The molecule has 0 bridgehead atoms. The number of nitrogens with two attached hydrogens (primary N) is 1. The molecule has 0 atom stereocenters. The lowest BCUT2D eigenvalue weighted by Crippen LogP contribution is -2.13. The third kappa shape index (κ3) is 4.49. The predicted octanol–water partition coefficient (Wildman–Crippen LogP) is 4.91. The zero-order valence-corrected chi connectivity index (χ0v) is 18.2. The van der Waals surface area contributed by atoms with Gasteiger partial charge in [-0.1, -0.05) is 60.1 Å². The lowest BCUT2D eigenvalue weighted by molar-refractivity contribution is 0.415. The quantitative estimate of drug-likeness (QED) is 0.446. The maximum atomic E-state index is 12.2. The fraction of sp³-hybridized carbons (Fsp3) is 0.0870. The number of rotatable bonds is 6. The number of oxazole rings is 1. The number of hydrogen-bond donors (Lipinski definition) is 1. The molecule has 0 amide bonds. The van der Waals surface area contributed by atoms with E-state index in [0.29, 0.717) is 45.7 Å². The average molecular weight is 455 g/mol. The summed E-state index contributed by atoms with van der Waals surface area (Å²) in [6, 6.07) is 21.3. The summed E-state index contributed by atoms with van der Waals surface area (Å²) in [6.07, 6.45) is 0.440. The molecule has 0 aliphatic heterocycles. The Balaban J connectivity index is 1.91. The Labute approximate surface area is 185 Å². The highest BCUT2D eigenvalue weighted by atomic mass is 35.5. The summed E-state index contributed by atoms with van der Waals surface area (Å²) < 4.78 is 35.7. The van der Waals surface area contributed by atoms with Crippen molar-refractivity contribution in [2.24, 2.45) is 5.14 Å². The van der Waals surface area contributed by atoms with E-state index >= 15 is 0 Å². The molecule has 0 unspecified atom stereocenters. The summed E-state index contributed by atoms with van der Waals surface area (Å²) in [4.78, 5) is 4.61. The SMILES string of the molecule is COc1ccc(-c2oc(Cc3ccccc3)nc2-c2ccccc2S(N)(=O)=O)cc1Cl. The number of primary sulfonamides is 1. The van der Waals surface area contributed by atoms with Crippen LogP contribution in [0.25, 0.3) is 22.6 Å². The molecule has 2 N–H and O–H groups in total. The van der Waals surface area contributed by atoms with Crippen LogP contribution in [-0.4, -0.2) is 20.5 Å². The van der Waals surface area contributed by atoms with Gasteiger partial charge in [0.1, 0.15) is 11.4 Å². The van der Waals surface area contributed by atoms with Crippen LogP contribution in [0.1, 0.15) is 11.5 Å². The maximum Gasteiger partial charge on any atom is 0.238 e. The lowest BCUT2D eigenvalue weighted by Gasteiger charge is -2.08. The van der Waals surface area contributed by atoms with E-state index in [1.807, 2.05) is 30.3 Å². The van der Waals surface area contributed by atoms with E-state index in [2.05, 4.69) is 4.98 Å². The molecular formula is C23H19ClN2O4S. The monoisotopic (exact) mass is 454 g/mol. The molecular weight excluding hydrogens is 436 g/mol. The second-order valence-corrected chi connectivity index (χ2v) is 8.78. The van der Waals surface area contributed by atoms with Crippen molar-refractivity contribution in [2.75, 3.05) is 7.11 Å². The molecule has 31 heavy (non-hydrogen) atoms. The van der Waals surface area contributed by atoms with Gasteiger partial charge in [0, 0.05) is 17.5 Å². The Kier molecular flexibility index (Phi) is 5.82. The largest absolute Gasteiger partial charge is 0.495 e. The Morgan fingerprint density at radius 3 is 2.42 bits per heavy atom. The summed E-state index contributed by atoms with van der Waals surface area (Å²) in [7, 11) is -2.45. The van der Waals surface area contributed by atoms with Crippen LogP contribution >= 0.6 is 11.6 Å². The van der Waals surface area contributed by atoms with E-state index in [1.54, 1.807) is 36.4 Å². The summed E-state index contributed by atoms with van der Waals surface area (Å²) in [6.45, 7) is 0. The van der Waals surface area contributed by atoms with E-state index in [4.69, 9.17) is 25.9 Å². The van der Waals surface area contributed by atoms with Crippen LogP contribution in [0.4, 0.5) is 0 Å². The zero-order chi connectivity index (χ0) is 22.0. The topological polar surface area (TPSA) is 95.4 Å². The van der Waals surface area contributed by atoms with Gasteiger partial charge in [-0.25, -0.2) is 18.5 Å². The van der Waals surface area contributed by atoms with Crippen molar-refractivity contribution in [1.82, 2.24) is 4.98 Å². The van der Waals surface area contributed by atoms with Crippen molar-refractivity contribution < 1.29 is 17.6 Å². The van der Waals surface area contributed by atoms with Crippen LogP contribution in [0.2, 0.25) is 5.02 Å². The standard InChI is InChI=1S/C23H19ClN2O4S/c1-29-19-12-11-16(14-18(19)24)23-22(17-9-5-6-10-20(17)31(25,27)28)26-21(30-23)13-15-7-3-2-4-8-15/h2-12,14H,13H2,1H3,(H2,25,27,28). The molecule has 3 aromatic carbocycles. The van der Waals surface area contributed by atoms with Crippen LogP contribution < -0.4 is 9.88 Å². The van der Waals surface area contributed by atoms with E-state index in [1.165, 1.54) is 13.2 Å². The molecule has 0 fully saturated rings. The number of hydrogen-bond acceptors (Lipinski definition) is 5. The van der Waals surface area contributed by atoms with Gasteiger partial charge in [-0.2, -0.15) is 0 Å². The minimum Gasteiger partial charge on any atom is -0.495 e. The summed E-state index contributed by atoms with van der Waals surface area (Å²) in [5.41, 5.74) is 2.37. The van der Waals surface area contributed by atoms with Crippen molar-refractivity contribution in [3.05, 3.63) is 89.3 Å². The number of ether oxygens (including phenoxy) is 1. The maximum absolute atomic E-state index is 12.2. The highest BCUT2D eigenvalue weighted by Gasteiger charge is 2.23. The summed E-state index contributed by atoms with van der Waals surface area (Å²) in [5.74, 6) is 1.35. The van der Waals surface area contributed by atoms with E-state index in [0.717, 1.165) is 5.56 Å². The van der Waals surface area contributed by atoms with Gasteiger partial charge >= 0.3 is 0 Å². The molecule has 0 aliphatic carbocycles. The Bertz CT molecular complexity index is 1330. The number of halogens is 1. The molecule has 0 saturated heterocycles. The Morgan fingerprint density at radius 2 is 1.74 bits per heavy atom. The van der Waals surface area contributed by atoms with Gasteiger partial charge in [0.25, 0.3) is 0 Å².